The Morgan fingerprint density at radius 3 is 2.87 bits per heavy atom. The van der Waals surface area contributed by atoms with Crippen LogP contribution >= 0.6 is 0 Å². The minimum absolute atomic E-state index is 0.231. The summed E-state index contributed by atoms with van der Waals surface area (Å²) in [4.78, 5) is 9.21. The lowest BCUT2D eigenvalue weighted by Gasteiger charge is -2.20. The van der Waals surface area contributed by atoms with Crippen molar-refractivity contribution in [3.05, 3.63) is 53.6 Å². The van der Waals surface area contributed by atoms with Gasteiger partial charge in [-0.3, -0.25) is 4.98 Å². The monoisotopic (exact) mass is 307 g/mol. The molecular formula is C18H21N5. The Morgan fingerprint density at radius 2 is 2.13 bits per heavy atom. The summed E-state index contributed by atoms with van der Waals surface area (Å²) in [6, 6.07) is 8.50. The van der Waals surface area contributed by atoms with Gasteiger partial charge in [0.1, 0.15) is 5.82 Å². The Morgan fingerprint density at radius 1 is 1.26 bits per heavy atom. The number of pyridine rings is 1. The van der Waals surface area contributed by atoms with Crippen molar-refractivity contribution in [3.63, 3.8) is 0 Å². The summed E-state index contributed by atoms with van der Waals surface area (Å²) in [7, 11) is 0. The van der Waals surface area contributed by atoms with Gasteiger partial charge in [0.2, 0.25) is 0 Å². The van der Waals surface area contributed by atoms with E-state index >= 15 is 0 Å². The van der Waals surface area contributed by atoms with Gasteiger partial charge in [0.05, 0.1) is 17.9 Å². The van der Waals surface area contributed by atoms with E-state index in [-0.39, 0.29) is 6.04 Å². The Kier molecular flexibility index (Phi) is 3.48. The normalized spacial score (nSPS) is 15.7. The summed E-state index contributed by atoms with van der Waals surface area (Å²) in [5.41, 5.74) is 4.32. The van der Waals surface area contributed by atoms with Crippen LogP contribution in [-0.2, 0) is 6.42 Å². The summed E-state index contributed by atoms with van der Waals surface area (Å²) in [6.07, 6.45) is 7.11. The molecule has 1 aliphatic carbocycles. The van der Waals surface area contributed by atoms with E-state index in [9.17, 15) is 0 Å². The van der Waals surface area contributed by atoms with Gasteiger partial charge in [-0.05, 0) is 49.8 Å². The van der Waals surface area contributed by atoms with Gasteiger partial charge in [-0.25, -0.2) is 4.98 Å². The van der Waals surface area contributed by atoms with E-state index in [1.807, 2.05) is 22.8 Å². The van der Waals surface area contributed by atoms with Gasteiger partial charge in [-0.15, -0.1) is 0 Å². The number of fused-ring (bicyclic) bond motifs is 1. The summed E-state index contributed by atoms with van der Waals surface area (Å²) in [5, 5.41) is 8.10. The van der Waals surface area contributed by atoms with Crippen LogP contribution in [0.4, 0.5) is 5.82 Å². The molecule has 5 heteroatoms. The average molecular weight is 307 g/mol. The predicted octanol–water partition coefficient (Wildman–Crippen LogP) is 3.56. The first-order valence-electron chi connectivity index (χ1n) is 8.27. The van der Waals surface area contributed by atoms with Gasteiger partial charge < -0.3 is 5.32 Å². The summed E-state index contributed by atoms with van der Waals surface area (Å²) < 4.78 is 1.88. The zero-order valence-electron chi connectivity index (χ0n) is 13.5. The minimum Gasteiger partial charge on any atom is -0.361 e. The molecule has 0 spiro atoms. The summed E-state index contributed by atoms with van der Waals surface area (Å²) in [5.74, 6) is 1.64. The number of nitrogens with zero attached hydrogens (tertiary/aromatic N) is 4. The minimum atomic E-state index is 0.231. The number of rotatable bonds is 5. The number of nitrogens with one attached hydrogen (secondary N) is 1. The van der Waals surface area contributed by atoms with E-state index in [1.165, 1.54) is 18.4 Å². The lowest BCUT2D eigenvalue weighted by molar-refractivity contribution is 0.649. The lowest BCUT2D eigenvalue weighted by atomic mass is 10.1. The van der Waals surface area contributed by atoms with E-state index in [2.05, 4.69) is 46.4 Å². The Bertz CT molecular complexity index is 834. The quantitative estimate of drug-likeness (QED) is 0.783. The molecule has 1 saturated carbocycles. The van der Waals surface area contributed by atoms with Gasteiger partial charge in [0, 0.05) is 24.0 Å². The standard InChI is InChI=1S/C18H21N5/c1-3-14-11-17(23-16(21-14)7-9-20-23)22-18(13-4-5-13)15-10-12(2)6-8-19-15/h6-11,13,18,22H,3-5H2,1-2H3/t18-/m0/s1. The van der Waals surface area contributed by atoms with Gasteiger partial charge in [-0.1, -0.05) is 6.92 Å². The van der Waals surface area contributed by atoms with Crippen molar-refractivity contribution in [1.82, 2.24) is 19.6 Å². The summed E-state index contributed by atoms with van der Waals surface area (Å²) >= 11 is 0. The first-order chi connectivity index (χ1) is 11.2. The molecule has 0 aliphatic heterocycles. The van der Waals surface area contributed by atoms with Crippen molar-refractivity contribution in [2.24, 2.45) is 5.92 Å². The molecular weight excluding hydrogens is 286 g/mol. The fourth-order valence-corrected chi connectivity index (χ4v) is 3.00. The highest BCUT2D eigenvalue weighted by molar-refractivity contribution is 5.50. The van der Waals surface area contributed by atoms with Crippen molar-refractivity contribution in [3.8, 4) is 0 Å². The van der Waals surface area contributed by atoms with Crippen molar-refractivity contribution in [2.75, 3.05) is 5.32 Å². The second-order valence-corrected chi connectivity index (χ2v) is 6.30. The van der Waals surface area contributed by atoms with Crippen LogP contribution in [-0.4, -0.2) is 19.6 Å². The van der Waals surface area contributed by atoms with Crippen LogP contribution in [0.2, 0.25) is 0 Å². The van der Waals surface area contributed by atoms with Gasteiger partial charge in [-0.2, -0.15) is 9.61 Å². The fraction of sp³-hybridized carbons (Fsp3) is 0.389. The molecule has 0 unspecified atom stereocenters. The molecule has 3 heterocycles. The molecule has 3 aromatic heterocycles. The highest BCUT2D eigenvalue weighted by atomic mass is 15.3. The maximum atomic E-state index is 4.61. The molecule has 0 saturated heterocycles. The highest BCUT2D eigenvalue weighted by Gasteiger charge is 2.33. The third-order valence-electron chi connectivity index (χ3n) is 4.43. The third kappa shape index (κ3) is 2.79. The van der Waals surface area contributed by atoms with Crippen LogP contribution in [0.3, 0.4) is 0 Å². The number of hydrogen-bond donors (Lipinski definition) is 1. The predicted molar refractivity (Wildman–Crippen MR) is 90.4 cm³/mol. The molecule has 118 valence electrons. The van der Waals surface area contributed by atoms with Gasteiger partial charge >= 0.3 is 0 Å². The van der Waals surface area contributed by atoms with Crippen molar-refractivity contribution in [1.29, 1.82) is 0 Å². The number of anilines is 1. The molecule has 0 aromatic carbocycles. The SMILES string of the molecule is CCc1cc(N[C@H](c2cc(C)ccn2)C2CC2)n2nccc2n1. The molecule has 4 rings (SSSR count). The maximum absolute atomic E-state index is 4.61. The topological polar surface area (TPSA) is 55.1 Å². The number of hydrogen-bond acceptors (Lipinski definition) is 4. The average Bonchev–Trinajstić information content (AvgIpc) is 3.28. The Balaban J connectivity index is 1.73. The maximum Gasteiger partial charge on any atom is 0.157 e. The third-order valence-corrected chi connectivity index (χ3v) is 4.43. The zero-order valence-corrected chi connectivity index (χ0v) is 13.5. The van der Waals surface area contributed by atoms with Crippen LogP contribution in [0.5, 0.6) is 0 Å². The second kappa shape index (κ2) is 5.65. The van der Waals surface area contributed by atoms with Crippen LogP contribution in [0.25, 0.3) is 5.65 Å². The van der Waals surface area contributed by atoms with Gasteiger partial charge in [0.15, 0.2) is 5.65 Å². The van der Waals surface area contributed by atoms with Crippen LogP contribution in [0.15, 0.2) is 36.7 Å². The summed E-state index contributed by atoms with van der Waals surface area (Å²) in [6.45, 7) is 4.24. The van der Waals surface area contributed by atoms with Crippen molar-refractivity contribution >= 4 is 11.5 Å². The van der Waals surface area contributed by atoms with E-state index in [0.717, 1.165) is 29.3 Å². The molecule has 1 fully saturated rings. The largest absolute Gasteiger partial charge is 0.361 e. The molecule has 1 aliphatic rings. The van der Waals surface area contributed by atoms with E-state index in [1.54, 1.807) is 6.20 Å². The molecule has 0 bridgehead atoms. The highest BCUT2D eigenvalue weighted by Crippen LogP contribution is 2.42. The number of aryl methyl sites for hydroxylation is 2. The second-order valence-electron chi connectivity index (χ2n) is 6.30. The van der Waals surface area contributed by atoms with E-state index in [4.69, 9.17) is 0 Å². The smallest absolute Gasteiger partial charge is 0.157 e. The molecule has 1 N–H and O–H groups in total. The van der Waals surface area contributed by atoms with Gasteiger partial charge in [0.25, 0.3) is 0 Å². The zero-order chi connectivity index (χ0) is 15.8. The number of aromatic nitrogens is 4. The van der Waals surface area contributed by atoms with Crippen molar-refractivity contribution < 1.29 is 0 Å². The molecule has 1 atom stereocenters. The van der Waals surface area contributed by atoms with E-state index in [0.29, 0.717) is 5.92 Å². The molecule has 23 heavy (non-hydrogen) atoms. The first kappa shape index (κ1) is 14.2. The van der Waals surface area contributed by atoms with Crippen molar-refractivity contribution in [2.45, 2.75) is 39.2 Å². The van der Waals surface area contributed by atoms with Crippen LogP contribution < -0.4 is 5.32 Å². The van der Waals surface area contributed by atoms with Crippen LogP contribution in [0.1, 0.15) is 42.8 Å². The first-order valence-corrected chi connectivity index (χ1v) is 8.27. The molecule has 5 nitrogen and oxygen atoms in total. The molecule has 0 radical (unpaired) electrons. The Labute approximate surface area is 135 Å². The molecule has 0 amide bonds. The van der Waals surface area contributed by atoms with Crippen LogP contribution in [0, 0.1) is 12.8 Å². The Hall–Kier alpha value is -2.43. The van der Waals surface area contributed by atoms with E-state index < -0.39 is 0 Å². The fourth-order valence-electron chi connectivity index (χ4n) is 3.00. The molecule has 3 aromatic rings. The lowest BCUT2D eigenvalue weighted by Crippen LogP contribution is -2.17.